The molecule has 18 heavy (non-hydrogen) atoms. The van der Waals surface area contributed by atoms with Crippen LogP contribution < -0.4 is 11.1 Å². The molecule has 1 aromatic carbocycles. The fraction of sp³-hybridized carbons (Fsp3) is 0.385. The predicted molar refractivity (Wildman–Crippen MR) is 71.2 cm³/mol. The Hall–Kier alpha value is -1.88. The number of benzene rings is 1. The minimum Gasteiger partial charge on any atom is -0.335 e. The first kappa shape index (κ1) is 14.2. The summed E-state index contributed by atoms with van der Waals surface area (Å²) in [4.78, 5) is 24.4. The SMILES string of the molecule is Cc1cccc(C)c1NC(=O)CN(C)C(=O)CN. The molecule has 98 valence electrons. The highest BCUT2D eigenvalue weighted by Gasteiger charge is 2.12. The van der Waals surface area contributed by atoms with Crippen molar-refractivity contribution in [2.24, 2.45) is 5.73 Å². The Morgan fingerprint density at radius 2 is 1.83 bits per heavy atom. The van der Waals surface area contributed by atoms with Gasteiger partial charge in [-0.05, 0) is 25.0 Å². The van der Waals surface area contributed by atoms with Crippen molar-refractivity contribution >= 4 is 17.5 Å². The number of carbonyl (C=O) groups excluding carboxylic acids is 2. The van der Waals surface area contributed by atoms with Gasteiger partial charge >= 0.3 is 0 Å². The first-order valence-corrected chi connectivity index (χ1v) is 5.75. The molecule has 0 fully saturated rings. The molecule has 5 heteroatoms. The van der Waals surface area contributed by atoms with Gasteiger partial charge in [-0.25, -0.2) is 0 Å². The van der Waals surface area contributed by atoms with E-state index >= 15 is 0 Å². The van der Waals surface area contributed by atoms with Gasteiger partial charge in [-0.3, -0.25) is 9.59 Å². The van der Waals surface area contributed by atoms with E-state index in [9.17, 15) is 9.59 Å². The van der Waals surface area contributed by atoms with Crippen molar-refractivity contribution in [3.8, 4) is 0 Å². The normalized spacial score (nSPS) is 10.0. The number of hydrogen-bond acceptors (Lipinski definition) is 3. The fourth-order valence-corrected chi connectivity index (χ4v) is 1.65. The summed E-state index contributed by atoms with van der Waals surface area (Å²) in [5, 5.41) is 2.81. The Labute approximate surface area is 107 Å². The standard InChI is InChI=1S/C13H19N3O2/c1-9-5-4-6-10(2)13(9)15-11(17)8-16(3)12(18)7-14/h4-6H,7-8,14H2,1-3H3,(H,15,17). The Balaban J connectivity index is 2.68. The summed E-state index contributed by atoms with van der Waals surface area (Å²) >= 11 is 0. The van der Waals surface area contributed by atoms with Crippen LogP contribution in [0.15, 0.2) is 18.2 Å². The molecule has 0 saturated heterocycles. The predicted octanol–water partition coefficient (Wildman–Crippen LogP) is 0.659. The topological polar surface area (TPSA) is 75.4 Å². The summed E-state index contributed by atoms with van der Waals surface area (Å²) in [6, 6.07) is 5.79. The van der Waals surface area contributed by atoms with Crippen LogP contribution in [0.25, 0.3) is 0 Å². The van der Waals surface area contributed by atoms with Crippen LogP contribution >= 0.6 is 0 Å². The van der Waals surface area contributed by atoms with Gasteiger partial charge in [-0.2, -0.15) is 0 Å². The molecule has 3 N–H and O–H groups in total. The zero-order valence-electron chi connectivity index (χ0n) is 11.0. The third-order valence-electron chi connectivity index (χ3n) is 2.73. The van der Waals surface area contributed by atoms with Gasteiger partial charge in [0.2, 0.25) is 11.8 Å². The van der Waals surface area contributed by atoms with Crippen LogP contribution in [-0.2, 0) is 9.59 Å². The lowest BCUT2D eigenvalue weighted by Gasteiger charge is -2.17. The van der Waals surface area contributed by atoms with Crippen molar-refractivity contribution in [1.29, 1.82) is 0 Å². The number of aryl methyl sites for hydroxylation is 2. The Bertz CT molecular complexity index is 437. The number of anilines is 1. The number of amides is 2. The maximum Gasteiger partial charge on any atom is 0.243 e. The van der Waals surface area contributed by atoms with E-state index in [-0.39, 0.29) is 24.9 Å². The highest BCUT2D eigenvalue weighted by molar-refractivity contribution is 5.95. The van der Waals surface area contributed by atoms with Crippen LogP contribution in [0.2, 0.25) is 0 Å². The molecule has 0 spiro atoms. The maximum atomic E-state index is 11.8. The molecule has 0 aliphatic carbocycles. The van der Waals surface area contributed by atoms with Crippen molar-refractivity contribution in [2.75, 3.05) is 25.5 Å². The Kier molecular flexibility index (Phi) is 4.85. The van der Waals surface area contributed by atoms with Gasteiger partial charge in [0.15, 0.2) is 0 Å². The lowest BCUT2D eigenvalue weighted by molar-refractivity contribution is -0.132. The summed E-state index contributed by atoms with van der Waals surface area (Å²) in [6.07, 6.45) is 0. The third kappa shape index (κ3) is 3.56. The smallest absolute Gasteiger partial charge is 0.243 e. The lowest BCUT2D eigenvalue weighted by atomic mass is 10.1. The minimum atomic E-state index is -0.258. The molecule has 0 heterocycles. The summed E-state index contributed by atoms with van der Waals surface area (Å²) < 4.78 is 0. The molecule has 0 bridgehead atoms. The number of nitrogens with two attached hydrogens (primary N) is 1. The second kappa shape index (κ2) is 6.16. The Morgan fingerprint density at radius 1 is 1.28 bits per heavy atom. The summed E-state index contributed by atoms with van der Waals surface area (Å²) in [7, 11) is 1.56. The van der Waals surface area contributed by atoms with Crippen molar-refractivity contribution < 1.29 is 9.59 Å². The van der Waals surface area contributed by atoms with Crippen LogP contribution in [0.3, 0.4) is 0 Å². The first-order chi connectivity index (χ1) is 8.45. The van der Waals surface area contributed by atoms with Crippen LogP contribution in [-0.4, -0.2) is 36.9 Å². The van der Waals surface area contributed by atoms with Gasteiger partial charge in [0.05, 0.1) is 13.1 Å². The van der Waals surface area contributed by atoms with E-state index in [0.29, 0.717) is 0 Å². The zero-order chi connectivity index (χ0) is 13.7. The quantitative estimate of drug-likeness (QED) is 0.823. The molecule has 2 amide bonds. The van der Waals surface area contributed by atoms with Crippen molar-refractivity contribution in [2.45, 2.75) is 13.8 Å². The van der Waals surface area contributed by atoms with E-state index in [0.717, 1.165) is 16.8 Å². The third-order valence-corrected chi connectivity index (χ3v) is 2.73. The molecule has 0 atom stereocenters. The van der Waals surface area contributed by atoms with Crippen LogP contribution in [0.1, 0.15) is 11.1 Å². The van der Waals surface area contributed by atoms with Gasteiger partial charge in [-0.15, -0.1) is 0 Å². The number of para-hydroxylation sites is 1. The fourth-order valence-electron chi connectivity index (χ4n) is 1.65. The molecular weight excluding hydrogens is 230 g/mol. The number of nitrogens with one attached hydrogen (secondary N) is 1. The van der Waals surface area contributed by atoms with Gasteiger partial charge in [-0.1, -0.05) is 18.2 Å². The number of hydrogen-bond donors (Lipinski definition) is 2. The van der Waals surface area contributed by atoms with E-state index in [2.05, 4.69) is 5.32 Å². The molecule has 0 aliphatic heterocycles. The van der Waals surface area contributed by atoms with Crippen LogP contribution in [0.5, 0.6) is 0 Å². The number of carbonyl (C=O) groups is 2. The second-order valence-electron chi connectivity index (χ2n) is 4.27. The highest BCUT2D eigenvalue weighted by Crippen LogP contribution is 2.19. The maximum absolute atomic E-state index is 11.8. The second-order valence-corrected chi connectivity index (χ2v) is 4.27. The molecule has 0 aromatic heterocycles. The highest BCUT2D eigenvalue weighted by atomic mass is 16.2. The molecule has 5 nitrogen and oxygen atoms in total. The minimum absolute atomic E-state index is 0.00378. The van der Waals surface area contributed by atoms with Crippen LogP contribution in [0, 0.1) is 13.8 Å². The van der Waals surface area contributed by atoms with E-state index in [1.807, 2.05) is 32.0 Å². The zero-order valence-corrected chi connectivity index (χ0v) is 11.0. The van der Waals surface area contributed by atoms with Crippen LogP contribution in [0.4, 0.5) is 5.69 Å². The average molecular weight is 249 g/mol. The summed E-state index contributed by atoms with van der Waals surface area (Å²) in [5.41, 5.74) is 8.02. The lowest BCUT2D eigenvalue weighted by Crippen LogP contribution is -2.38. The molecule has 0 unspecified atom stereocenters. The number of nitrogens with zero attached hydrogens (tertiary/aromatic N) is 1. The largest absolute Gasteiger partial charge is 0.335 e. The number of likely N-dealkylation sites (N-methyl/N-ethyl adjacent to an activating group) is 1. The van der Waals surface area contributed by atoms with Crippen molar-refractivity contribution in [3.05, 3.63) is 29.3 Å². The van der Waals surface area contributed by atoms with Gasteiger partial charge in [0, 0.05) is 12.7 Å². The molecule has 0 radical (unpaired) electrons. The van der Waals surface area contributed by atoms with Crippen molar-refractivity contribution in [1.82, 2.24) is 4.90 Å². The van der Waals surface area contributed by atoms with Gasteiger partial charge in [0.1, 0.15) is 0 Å². The van der Waals surface area contributed by atoms with E-state index in [1.54, 1.807) is 7.05 Å². The monoisotopic (exact) mass is 249 g/mol. The van der Waals surface area contributed by atoms with Gasteiger partial charge < -0.3 is 16.0 Å². The first-order valence-electron chi connectivity index (χ1n) is 5.75. The molecular formula is C13H19N3O2. The molecule has 0 saturated carbocycles. The van der Waals surface area contributed by atoms with E-state index < -0.39 is 0 Å². The van der Waals surface area contributed by atoms with E-state index in [4.69, 9.17) is 5.73 Å². The average Bonchev–Trinajstić information content (AvgIpc) is 2.32. The number of rotatable bonds is 4. The molecule has 1 rings (SSSR count). The molecule has 1 aromatic rings. The van der Waals surface area contributed by atoms with Crippen molar-refractivity contribution in [3.63, 3.8) is 0 Å². The summed E-state index contributed by atoms with van der Waals surface area (Å²) in [6.45, 7) is 3.77. The summed E-state index contributed by atoms with van der Waals surface area (Å²) in [5.74, 6) is -0.483. The van der Waals surface area contributed by atoms with E-state index in [1.165, 1.54) is 4.90 Å². The molecule has 0 aliphatic rings. The Morgan fingerprint density at radius 3 is 2.33 bits per heavy atom. The van der Waals surface area contributed by atoms with Gasteiger partial charge in [0.25, 0.3) is 0 Å².